The quantitative estimate of drug-likeness (QED) is 0.466. The van der Waals surface area contributed by atoms with Gasteiger partial charge in [-0.1, -0.05) is 23.9 Å². The van der Waals surface area contributed by atoms with E-state index in [2.05, 4.69) is 10.3 Å². The third-order valence-electron chi connectivity index (χ3n) is 4.77. The van der Waals surface area contributed by atoms with Gasteiger partial charge in [0.15, 0.2) is 5.16 Å². The van der Waals surface area contributed by atoms with Gasteiger partial charge in [0.2, 0.25) is 5.91 Å². The highest BCUT2D eigenvalue weighted by Gasteiger charge is 2.30. The molecule has 2 aromatic carbocycles. The van der Waals surface area contributed by atoms with Crippen molar-refractivity contribution in [3.05, 3.63) is 58.9 Å². The summed E-state index contributed by atoms with van der Waals surface area (Å²) in [6.45, 7) is 4.35. The molecule has 0 saturated heterocycles. The molecule has 1 aliphatic rings. The molecule has 0 radical (unpaired) electrons. The Morgan fingerprint density at radius 2 is 1.97 bits per heavy atom. The van der Waals surface area contributed by atoms with Gasteiger partial charge in [0, 0.05) is 11.7 Å². The van der Waals surface area contributed by atoms with E-state index in [4.69, 9.17) is 4.74 Å². The summed E-state index contributed by atoms with van der Waals surface area (Å²) in [7, 11) is 0. The fraction of sp³-hybridized carbons (Fsp3) is 0.318. The zero-order valence-corrected chi connectivity index (χ0v) is 17.2. The van der Waals surface area contributed by atoms with Crippen LogP contribution < -0.4 is 15.6 Å². The van der Waals surface area contributed by atoms with Gasteiger partial charge >= 0.3 is 0 Å². The number of aromatic nitrogens is 2. The van der Waals surface area contributed by atoms with Gasteiger partial charge in [-0.25, -0.2) is 4.98 Å². The molecule has 1 N–H and O–H groups in total. The monoisotopic (exact) mass is 409 g/mol. The van der Waals surface area contributed by atoms with Crippen LogP contribution >= 0.6 is 11.8 Å². The highest BCUT2D eigenvalue weighted by Crippen LogP contribution is 2.37. The number of hydrogen-bond donors (Lipinski definition) is 1. The van der Waals surface area contributed by atoms with Crippen molar-refractivity contribution in [3.63, 3.8) is 0 Å². The molecule has 0 unspecified atom stereocenters. The maximum Gasteiger partial charge on any atom is 0.262 e. The molecule has 1 atom stereocenters. The second-order valence-corrected chi connectivity index (χ2v) is 8.33. The van der Waals surface area contributed by atoms with Gasteiger partial charge in [-0.15, -0.1) is 0 Å². The minimum atomic E-state index is -0.403. The number of hydrogen-bond acceptors (Lipinski definition) is 5. The van der Waals surface area contributed by atoms with Gasteiger partial charge in [-0.3, -0.25) is 14.2 Å². The van der Waals surface area contributed by atoms with E-state index in [0.29, 0.717) is 28.4 Å². The number of nitrogens with zero attached hydrogens (tertiary/aromatic N) is 2. The Morgan fingerprint density at radius 1 is 1.24 bits per heavy atom. The van der Waals surface area contributed by atoms with Crippen molar-refractivity contribution in [2.24, 2.45) is 0 Å². The predicted molar refractivity (Wildman–Crippen MR) is 116 cm³/mol. The SMILES string of the molecule is CCOc1ccc(NC(=O)[C@H](C)Sc2nc3ccccc3c(=O)n2C2CC2)cc1. The third kappa shape index (κ3) is 4.29. The molecule has 0 spiro atoms. The lowest BCUT2D eigenvalue weighted by Gasteiger charge is -2.16. The first-order chi connectivity index (χ1) is 14.1. The van der Waals surface area contributed by atoms with Gasteiger partial charge in [-0.05, 0) is 63.1 Å². The van der Waals surface area contributed by atoms with Crippen LogP contribution in [0.5, 0.6) is 5.75 Å². The number of rotatable bonds is 7. The molecule has 3 aromatic rings. The van der Waals surface area contributed by atoms with Crippen LogP contribution in [0, 0.1) is 0 Å². The molecule has 1 aliphatic carbocycles. The zero-order chi connectivity index (χ0) is 20.4. The van der Waals surface area contributed by atoms with Crippen LogP contribution in [-0.2, 0) is 4.79 Å². The minimum Gasteiger partial charge on any atom is -0.494 e. The average molecular weight is 410 g/mol. The Bertz CT molecular complexity index is 1090. The molecule has 7 heteroatoms. The summed E-state index contributed by atoms with van der Waals surface area (Å²) in [5.74, 6) is 0.630. The number of para-hydroxylation sites is 1. The van der Waals surface area contributed by atoms with E-state index in [1.165, 1.54) is 11.8 Å². The number of anilines is 1. The molecule has 4 rings (SSSR count). The Morgan fingerprint density at radius 3 is 2.66 bits per heavy atom. The lowest BCUT2D eigenvalue weighted by molar-refractivity contribution is -0.115. The van der Waals surface area contributed by atoms with Crippen molar-refractivity contribution in [2.75, 3.05) is 11.9 Å². The van der Waals surface area contributed by atoms with Crippen LogP contribution in [0.1, 0.15) is 32.7 Å². The molecule has 1 aromatic heterocycles. The minimum absolute atomic E-state index is 0.0280. The molecule has 6 nitrogen and oxygen atoms in total. The topological polar surface area (TPSA) is 73.2 Å². The molecular formula is C22H23N3O3S. The van der Waals surface area contributed by atoms with E-state index in [0.717, 1.165) is 18.6 Å². The van der Waals surface area contributed by atoms with E-state index >= 15 is 0 Å². The normalized spacial score (nSPS) is 14.6. The summed E-state index contributed by atoms with van der Waals surface area (Å²) < 4.78 is 7.18. The summed E-state index contributed by atoms with van der Waals surface area (Å²) in [4.78, 5) is 30.3. The summed E-state index contributed by atoms with van der Waals surface area (Å²) in [6.07, 6.45) is 1.94. The second-order valence-electron chi connectivity index (χ2n) is 7.02. The zero-order valence-electron chi connectivity index (χ0n) is 16.4. The van der Waals surface area contributed by atoms with Crippen molar-refractivity contribution < 1.29 is 9.53 Å². The highest BCUT2D eigenvalue weighted by atomic mass is 32.2. The molecule has 1 amide bonds. The fourth-order valence-corrected chi connectivity index (χ4v) is 4.10. The van der Waals surface area contributed by atoms with Crippen molar-refractivity contribution in [1.82, 2.24) is 9.55 Å². The Kier molecular flexibility index (Phi) is 5.58. The first kappa shape index (κ1) is 19.5. The van der Waals surface area contributed by atoms with E-state index in [9.17, 15) is 9.59 Å². The molecule has 0 bridgehead atoms. The number of ether oxygens (including phenoxy) is 1. The summed E-state index contributed by atoms with van der Waals surface area (Å²) in [5, 5.41) is 3.74. The van der Waals surface area contributed by atoms with Crippen molar-refractivity contribution in [3.8, 4) is 5.75 Å². The fourth-order valence-electron chi connectivity index (χ4n) is 3.12. The average Bonchev–Trinajstić information content (AvgIpc) is 3.55. The highest BCUT2D eigenvalue weighted by molar-refractivity contribution is 8.00. The summed E-state index contributed by atoms with van der Waals surface area (Å²) in [5.41, 5.74) is 1.34. The lowest BCUT2D eigenvalue weighted by Crippen LogP contribution is -2.26. The second kappa shape index (κ2) is 8.29. The van der Waals surface area contributed by atoms with Gasteiger partial charge in [0.1, 0.15) is 5.75 Å². The molecule has 1 heterocycles. The van der Waals surface area contributed by atoms with E-state index in [1.807, 2.05) is 56.3 Å². The summed E-state index contributed by atoms with van der Waals surface area (Å²) >= 11 is 1.32. The number of nitrogens with one attached hydrogen (secondary N) is 1. The first-order valence-corrected chi connectivity index (χ1v) is 10.7. The molecule has 1 fully saturated rings. The van der Waals surface area contributed by atoms with Crippen LogP contribution in [0.2, 0.25) is 0 Å². The van der Waals surface area contributed by atoms with E-state index in [-0.39, 0.29) is 17.5 Å². The molecule has 150 valence electrons. The standard InChI is InChI=1S/C22H23N3O3S/c1-3-28-17-12-8-15(9-13-17)23-20(26)14(2)29-22-24-19-7-5-4-6-18(19)21(27)25(22)16-10-11-16/h4-9,12-14,16H,3,10-11H2,1-2H3,(H,23,26)/t14-/m0/s1. The smallest absolute Gasteiger partial charge is 0.262 e. The number of carbonyl (C=O) groups is 1. The van der Waals surface area contributed by atoms with Crippen LogP contribution in [0.4, 0.5) is 5.69 Å². The van der Waals surface area contributed by atoms with Crippen molar-refractivity contribution >= 4 is 34.3 Å². The number of thioether (sulfide) groups is 1. The van der Waals surface area contributed by atoms with Gasteiger partial charge in [0.25, 0.3) is 5.56 Å². The van der Waals surface area contributed by atoms with Crippen molar-refractivity contribution in [1.29, 1.82) is 0 Å². The summed E-state index contributed by atoms with van der Waals surface area (Å²) in [6, 6.07) is 14.8. The number of benzene rings is 2. The maximum absolute atomic E-state index is 13.0. The Hall–Kier alpha value is -2.80. The van der Waals surface area contributed by atoms with Gasteiger partial charge in [0.05, 0.1) is 22.8 Å². The van der Waals surface area contributed by atoms with E-state index < -0.39 is 5.25 Å². The number of carbonyl (C=O) groups excluding carboxylic acids is 1. The molecule has 29 heavy (non-hydrogen) atoms. The van der Waals surface area contributed by atoms with Crippen LogP contribution in [0.25, 0.3) is 10.9 Å². The van der Waals surface area contributed by atoms with Gasteiger partial charge in [-0.2, -0.15) is 0 Å². The molecule has 0 aliphatic heterocycles. The molecular weight excluding hydrogens is 386 g/mol. The lowest BCUT2D eigenvalue weighted by atomic mass is 10.2. The third-order valence-corrected chi connectivity index (χ3v) is 5.84. The Balaban J connectivity index is 1.53. The maximum atomic E-state index is 13.0. The largest absolute Gasteiger partial charge is 0.494 e. The van der Waals surface area contributed by atoms with Crippen LogP contribution in [0.15, 0.2) is 58.5 Å². The van der Waals surface area contributed by atoms with Crippen molar-refractivity contribution in [2.45, 2.75) is 43.1 Å². The van der Waals surface area contributed by atoms with Crippen LogP contribution in [-0.4, -0.2) is 27.3 Å². The predicted octanol–water partition coefficient (Wildman–Crippen LogP) is 4.25. The first-order valence-electron chi connectivity index (χ1n) is 9.78. The van der Waals surface area contributed by atoms with Crippen LogP contribution in [0.3, 0.4) is 0 Å². The molecule has 1 saturated carbocycles. The Labute approximate surface area is 173 Å². The van der Waals surface area contributed by atoms with Gasteiger partial charge < -0.3 is 10.1 Å². The number of amides is 1. The number of fused-ring (bicyclic) bond motifs is 1. The van der Waals surface area contributed by atoms with E-state index in [1.54, 1.807) is 10.6 Å².